The molecular weight excluding hydrogens is 268 g/mol. The molecule has 106 valence electrons. The van der Waals surface area contributed by atoms with Gasteiger partial charge in [0.15, 0.2) is 5.82 Å². The van der Waals surface area contributed by atoms with Gasteiger partial charge in [0.1, 0.15) is 18.3 Å². The fourth-order valence-corrected chi connectivity index (χ4v) is 2.00. The van der Waals surface area contributed by atoms with Gasteiger partial charge in [-0.25, -0.2) is 0 Å². The van der Waals surface area contributed by atoms with Crippen LogP contribution in [0.25, 0.3) is 5.82 Å². The second-order valence-electron chi connectivity index (χ2n) is 4.60. The monoisotopic (exact) mass is 282 g/mol. The first-order valence-corrected chi connectivity index (χ1v) is 6.42. The van der Waals surface area contributed by atoms with Crippen LogP contribution in [0.2, 0.25) is 0 Å². The molecule has 21 heavy (non-hydrogen) atoms. The minimum Gasteiger partial charge on any atom is -0.317 e. The van der Waals surface area contributed by atoms with Crippen LogP contribution in [-0.2, 0) is 7.05 Å². The molecular formula is C14H14N6O. The minimum atomic E-state index is -0.180. The van der Waals surface area contributed by atoms with Gasteiger partial charge in [0.05, 0.1) is 5.69 Å². The number of carbonyl (C=O) groups excluding carboxylic acids is 1. The van der Waals surface area contributed by atoms with Crippen LogP contribution < -0.4 is 5.32 Å². The highest BCUT2D eigenvalue weighted by Gasteiger charge is 2.17. The normalized spacial score (nSPS) is 10.6. The average Bonchev–Trinajstić information content (AvgIpc) is 3.12. The molecule has 7 heteroatoms. The Labute approximate surface area is 121 Å². The maximum absolute atomic E-state index is 12.3. The van der Waals surface area contributed by atoms with Crippen LogP contribution in [0.4, 0.5) is 5.69 Å². The molecule has 0 radical (unpaired) electrons. The van der Waals surface area contributed by atoms with E-state index >= 15 is 0 Å². The SMILES string of the molecule is Cc1c(NC(=O)c2ccccc2)c(-n2cnnc2)nn1C. The molecule has 1 aromatic carbocycles. The van der Waals surface area contributed by atoms with Crippen molar-refractivity contribution in [2.45, 2.75) is 6.92 Å². The third kappa shape index (κ3) is 2.40. The predicted octanol–water partition coefficient (Wildman–Crippen LogP) is 1.56. The van der Waals surface area contributed by atoms with E-state index in [0.29, 0.717) is 17.1 Å². The van der Waals surface area contributed by atoms with Crippen LogP contribution in [0, 0.1) is 6.92 Å². The number of hydrogen-bond donors (Lipinski definition) is 1. The van der Waals surface area contributed by atoms with Gasteiger partial charge in [-0.3, -0.25) is 14.0 Å². The second-order valence-corrected chi connectivity index (χ2v) is 4.60. The molecule has 0 aliphatic heterocycles. The Morgan fingerprint density at radius 1 is 1.14 bits per heavy atom. The van der Waals surface area contributed by atoms with Gasteiger partial charge in [0.2, 0.25) is 0 Å². The molecule has 2 heterocycles. The van der Waals surface area contributed by atoms with Crippen LogP contribution in [0.15, 0.2) is 43.0 Å². The lowest BCUT2D eigenvalue weighted by Crippen LogP contribution is -2.13. The van der Waals surface area contributed by atoms with Gasteiger partial charge in [-0.15, -0.1) is 10.2 Å². The van der Waals surface area contributed by atoms with Crippen molar-refractivity contribution >= 4 is 11.6 Å². The summed E-state index contributed by atoms with van der Waals surface area (Å²) in [7, 11) is 1.82. The Kier molecular flexibility index (Phi) is 3.23. The maximum atomic E-state index is 12.3. The van der Waals surface area contributed by atoms with E-state index in [1.54, 1.807) is 34.0 Å². The summed E-state index contributed by atoms with van der Waals surface area (Å²) in [6, 6.07) is 9.05. The van der Waals surface area contributed by atoms with Gasteiger partial charge in [-0.2, -0.15) is 5.10 Å². The Balaban J connectivity index is 1.97. The van der Waals surface area contributed by atoms with E-state index in [9.17, 15) is 4.79 Å². The van der Waals surface area contributed by atoms with Crippen LogP contribution in [0.3, 0.4) is 0 Å². The van der Waals surface area contributed by atoms with Gasteiger partial charge in [0, 0.05) is 12.6 Å². The smallest absolute Gasteiger partial charge is 0.255 e. The van der Waals surface area contributed by atoms with Gasteiger partial charge in [-0.05, 0) is 19.1 Å². The van der Waals surface area contributed by atoms with Crippen molar-refractivity contribution in [1.29, 1.82) is 0 Å². The van der Waals surface area contributed by atoms with Crippen molar-refractivity contribution in [1.82, 2.24) is 24.5 Å². The van der Waals surface area contributed by atoms with Crippen molar-refractivity contribution in [3.63, 3.8) is 0 Å². The summed E-state index contributed by atoms with van der Waals surface area (Å²) in [5.74, 6) is 0.408. The second kappa shape index (κ2) is 5.20. The lowest BCUT2D eigenvalue weighted by molar-refractivity contribution is 0.102. The summed E-state index contributed by atoms with van der Waals surface area (Å²) in [5.41, 5.74) is 2.09. The third-order valence-corrected chi connectivity index (χ3v) is 3.25. The van der Waals surface area contributed by atoms with Crippen molar-refractivity contribution in [2.24, 2.45) is 7.05 Å². The molecule has 0 aliphatic rings. The van der Waals surface area contributed by atoms with Crippen LogP contribution in [0.5, 0.6) is 0 Å². The number of amides is 1. The number of aryl methyl sites for hydroxylation is 1. The molecule has 0 saturated heterocycles. The standard InChI is InChI=1S/C14H14N6O/c1-10-12(17-14(21)11-6-4-3-5-7-11)13(18-19(10)2)20-8-15-16-9-20/h3-9H,1-2H3,(H,17,21). The fraction of sp³-hybridized carbons (Fsp3) is 0.143. The van der Waals surface area contributed by atoms with E-state index in [2.05, 4.69) is 20.6 Å². The van der Waals surface area contributed by atoms with E-state index in [-0.39, 0.29) is 5.91 Å². The number of nitrogens with zero attached hydrogens (tertiary/aromatic N) is 5. The lowest BCUT2D eigenvalue weighted by atomic mass is 10.2. The first-order valence-electron chi connectivity index (χ1n) is 6.42. The molecule has 0 bridgehead atoms. The number of nitrogens with one attached hydrogen (secondary N) is 1. The van der Waals surface area contributed by atoms with E-state index in [1.807, 2.05) is 32.2 Å². The zero-order valence-corrected chi connectivity index (χ0v) is 11.7. The zero-order valence-electron chi connectivity index (χ0n) is 11.7. The first-order chi connectivity index (χ1) is 10.2. The molecule has 1 N–H and O–H groups in total. The van der Waals surface area contributed by atoms with E-state index in [1.165, 1.54) is 0 Å². The van der Waals surface area contributed by atoms with Gasteiger partial charge in [0.25, 0.3) is 5.91 Å². The Morgan fingerprint density at radius 2 is 1.81 bits per heavy atom. The highest BCUT2D eigenvalue weighted by atomic mass is 16.1. The Hall–Kier alpha value is -2.96. The third-order valence-electron chi connectivity index (χ3n) is 3.25. The number of aromatic nitrogens is 5. The summed E-state index contributed by atoms with van der Waals surface area (Å²) >= 11 is 0. The van der Waals surface area contributed by atoms with E-state index in [4.69, 9.17) is 0 Å². The number of benzene rings is 1. The zero-order chi connectivity index (χ0) is 14.8. The highest BCUT2D eigenvalue weighted by molar-refractivity contribution is 6.05. The molecule has 0 unspecified atom stereocenters. The predicted molar refractivity (Wildman–Crippen MR) is 77.3 cm³/mol. The summed E-state index contributed by atoms with van der Waals surface area (Å²) in [5, 5.41) is 14.8. The van der Waals surface area contributed by atoms with Crippen molar-refractivity contribution in [3.05, 3.63) is 54.2 Å². The van der Waals surface area contributed by atoms with Crippen molar-refractivity contribution in [3.8, 4) is 5.82 Å². The molecule has 3 aromatic rings. The molecule has 7 nitrogen and oxygen atoms in total. The number of carbonyl (C=O) groups is 1. The average molecular weight is 282 g/mol. The molecule has 0 aliphatic carbocycles. The Bertz CT molecular complexity index is 760. The maximum Gasteiger partial charge on any atom is 0.255 e. The molecule has 0 saturated carbocycles. The van der Waals surface area contributed by atoms with E-state index in [0.717, 1.165) is 5.69 Å². The fourth-order valence-electron chi connectivity index (χ4n) is 2.00. The van der Waals surface area contributed by atoms with E-state index < -0.39 is 0 Å². The van der Waals surface area contributed by atoms with Crippen molar-refractivity contribution in [2.75, 3.05) is 5.32 Å². The summed E-state index contributed by atoms with van der Waals surface area (Å²) < 4.78 is 3.36. The summed E-state index contributed by atoms with van der Waals surface area (Å²) in [6.45, 7) is 1.89. The summed E-state index contributed by atoms with van der Waals surface area (Å²) in [4.78, 5) is 12.3. The van der Waals surface area contributed by atoms with Crippen molar-refractivity contribution < 1.29 is 4.79 Å². The molecule has 0 spiro atoms. The lowest BCUT2D eigenvalue weighted by Gasteiger charge is -2.06. The number of anilines is 1. The molecule has 1 amide bonds. The topological polar surface area (TPSA) is 77.6 Å². The quantitative estimate of drug-likeness (QED) is 0.791. The van der Waals surface area contributed by atoms with Crippen LogP contribution in [0.1, 0.15) is 16.1 Å². The first kappa shape index (κ1) is 13.0. The largest absolute Gasteiger partial charge is 0.317 e. The minimum absolute atomic E-state index is 0.180. The highest BCUT2D eigenvalue weighted by Crippen LogP contribution is 2.23. The van der Waals surface area contributed by atoms with Gasteiger partial charge >= 0.3 is 0 Å². The molecule has 2 aromatic heterocycles. The number of rotatable bonds is 3. The van der Waals surface area contributed by atoms with Crippen LogP contribution in [-0.4, -0.2) is 30.5 Å². The molecule has 0 fully saturated rings. The molecule has 3 rings (SSSR count). The van der Waals surface area contributed by atoms with Crippen LogP contribution >= 0.6 is 0 Å². The number of hydrogen-bond acceptors (Lipinski definition) is 4. The van der Waals surface area contributed by atoms with Gasteiger partial charge in [-0.1, -0.05) is 18.2 Å². The molecule has 0 atom stereocenters. The van der Waals surface area contributed by atoms with Gasteiger partial charge < -0.3 is 5.32 Å². The summed E-state index contributed by atoms with van der Waals surface area (Å²) in [6.07, 6.45) is 3.08. The Morgan fingerprint density at radius 3 is 2.48 bits per heavy atom.